The maximum absolute atomic E-state index is 13.2. The first-order chi connectivity index (χ1) is 30.0. The zero-order valence-electron chi connectivity index (χ0n) is 41.3. The summed E-state index contributed by atoms with van der Waals surface area (Å²) in [6.07, 6.45) is 55.6. The van der Waals surface area contributed by atoms with Crippen molar-refractivity contribution in [2.45, 2.75) is 322 Å². The molecule has 0 radical (unpaired) electrons. The molecule has 6 heteroatoms. The van der Waals surface area contributed by atoms with Gasteiger partial charge in [-0.25, -0.2) is 0 Å². The van der Waals surface area contributed by atoms with Gasteiger partial charge < -0.3 is 20.3 Å². The molecule has 0 saturated heterocycles. The number of hydrogen-bond donors (Lipinski definition) is 3. The number of carbonyl (C=O) groups excluding carboxylic acids is 2. The van der Waals surface area contributed by atoms with Crippen LogP contribution in [0.2, 0.25) is 0 Å². The van der Waals surface area contributed by atoms with Crippen molar-refractivity contribution >= 4 is 11.9 Å². The van der Waals surface area contributed by atoms with Crippen LogP contribution in [-0.2, 0) is 14.3 Å². The van der Waals surface area contributed by atoms with Crippen molar-refractivity contribution in [3.05, 3.63) is 12.2 Å². The van der Waals surface area contributed by atoms with E-state index < -0.39 is 18.2 Å². The Bertz CT molecular complexity index is 924. The summed E-state index contributed by atoms with van der Waals surface area (Å²) in [4.78, 5) is 26.2. The predicted octanol–water partition coefficient (Wildman–Crippen LogP) is 16.5. The third-order valence-corrected chi connectivity index (χ3v) is 12.8. The number of unbranched alkanes of at least 4 members (excludes halogenated alkanes) is 36. The Morgan fingerprint density at radius 3 is 1.16 bits per heavy atom. The summed E-state index contributed by atoms with van der Waals surface area (Å²) in [5, 5.41) is 23.8. The second-order valence-corrected chi connectivity index (χ2v) is 19.0. The number of nitrogens with one attached hydrogen (secondary N) is 1. The van der Waals surface area contributed by atoms with Gasteiger partial charge in [-0.2, -0.15) is 0 Å². The van der Waals surface area contributed by atoms with Crippen molar-refractivity contribution in [3.8, 4) is 0 Å². The molecule has 0 spiro atoms. The summed E-state index contributed by atoms with van der Waals surface area (Å²) in [5.74, 6) is -0.473. The van der Waals surface area contributed by atoms with Crippen molar-refractivity contribution in [2.75, 3.05) is 6.61 Å². The number of aliphatic hydroxyl groups excluding tert-OH is 2. The molecule has 0 aromatic heterocycles. The number of ether oxygens (including phenoxy) is 1. The Morgan fingerprint density at radius 2 is 0.787 bits per heavy atom. The first-order valence-corrected chi connectivity index (χ1v) is 27.4. The molecule has 0 aliphatic heterocycles. The summed E-state index contributed by atoms with van der Waals surface area (Å²) in [5.41, 5.74) is 0. The van der Waals surface area contributed by atoms with Crippen molar-refractivity contribution in [1.82, 2.24) is 5.32 Å². The monoisotopic (exact) mass is 862 g/mol. The number of rotatable bonds is 50. The average molecular weight is 862 g/mol. The molecule has 61 heavy (non-hydrogen) atoms. The molecule has 0 saturated carbocycles. The van der Waals surface area contributed by atoms with Crippen LogP contribution in [0.1, 0.15) is 303 Å². The Hall–Kier alpha value is -1.40. The minimum atomic E-state index is -0.784. The largest absolute Gasteiger partial charge is 0.462 e. The van der Waals surface area contributed by atoms with E-state index in [1.807, 2.05) is 0 Å². The highest BCUT2D eigenvalue weighted by Crippen LogP contribution is 2.19. The van der Waals surface area contributed by atoms with Crippen LogP contribution in [-0.4, -0.2) is 46.9 Å². The molecule has 0 rings (SSSR count). The third-order valence-electron chi connectivity index (χ3n) is 12.8. The first-order valence-electron chi connectivity index (χ1n) is 27.4. The van der Waals surface area contributed by atoms with Gasteiger partial charge >= 0.3 is 5.97 Å². The Labute approximate surface area is 380 Å². The topological polar surface area (TPSA) is 95.9 Å². The van der Waals surface area contributed by atoms with E-state index in [0.717, 1.165) is 51.4 Å². The number of aliphatic hydroxyl groups is 2. The molecular weight excluding hydrogens is 755 g/mol. The van der Waals surface area contributed by atoms with Gasteiger partial charge in [-0.1, -0.05) is 251 Å². The highest BCUT2D eigenvalue weighted by atomic mass is 16.5. The zero-order chi connectivity index (χ0) is 44.5. The van der Waals surface area contributed by atoms with Crippen LogP contribution in [0.3, 0.4) is 0 Å². The van der Waals surface area contributed by atoms with Gasteiger partial charge in [-0.15, -0.1) is 0 Å². The quantitative estimate of drug-likeness (QED) is 0.0322. The second-order valence-electron chi connectivity index (χ2n) is 19.0. The van der Waals surface area contributed by atoms with Crippen molar-refractivity contribution in [2.24, 2.45) is 0 Å². The van der Waals surface area contributed by atoms with Gasteiger partial charge in [0, 0.05) is 6.42 Å². The smallest absolute Gasteiger partial charge is 0.306 e. The van der Waals surface area contributed by atoms with Gasteiger partial charge in [0.25, 0.3) is 0 Å². The summed E-state index contributed by atoms with van der Waals surface area (Å²) >= 11 is 0. The molecule has 1 amide bonds. The van der Waals surface area contributed by atoms with Gasteiger partial charge in [0.1, 0.15) is 6.10 Å². The van der Waals surface area contributed by atoms with Crippen LogP contribution in [0.5, 0.6) is 0 Å². The lowest BCUT2D eigenvalue weighted by Gasteiger charge is -2.24. The Balaban J connectivity index is 4.52. The number of hydrogen-bond acceptors (Lipinski definition) is 5. The fraction of sp³-hybridized carbons (Fsp3) is 0.927. The van der Waals surface area contributed by atoms with E-state index in [1.165, 1.54) is 205 Å². The van der Waals surface area contributed by atoms with E-state index in [-0.39, 0.29) is 24.9 Å². The third kappa shape index (κ3) is 45.0. The van der Waals surface area contributed by atoms with E-state index in [2.05, 4.69) is 38.2 Å². The van der Waals surface area contributed by atoms with Crippen LogP contribution < -0.4 is 5.32 Å². The molecule has 0 aromatic rings. The summed E-state index contributed by atoms with van der Waals surface area (Å²) in [6, 6.07) is -0.698. The van der Waals surface area contributed by atoms with Crippen molar-refractivity contribution < 1.29 is 24.5 Å². The fourth-order valence-electron chi connectivity index (χ4n) is 8.66. The van der Waals surface area contributed by atoms with Gasteiger partial charge in [0.15, 0.2) is 0 Å². The van der Waals surface area contributed by atoms with Gasteiger partial charge in [0.2, 0.25) is 5.91 Å². The first kappa shape index (κ1) is 59.6. The maximum Gasteiger partial charge on any atom is 0.306 e. The summed E-state index contributed by atoms with van der Waals surface area (Å²) < 4.78 is 5.94. The molecule has 0 heterocycles. The zero-order valence-corrected chi connectivity index (χ0v) is 41.3. The molecule has 0 aromatic carbocycles. The lowest BCUT2D eigenvalue weighted by atomic mass is 10.0. The normalized spacial score (nSPS) is 13.2. The lowest BCUT2D eigenvalue weighted by Crippen LogP contribution is -2.46. The number of allylic oxidation sites excluding steroid dienone is 2. The number of esters is 1. The minimum Gasteiger partial charge on any atom is -0.462 e. The summed E-state index contributed by atoms with van der Waals surface area (Å²) in [6.45, 7) is 6.51. The fourth-order valence-corrected chi connectivity index (χ4v) is 8.66. The van der Waals surface area contributed by atoms with Crippen molar-refractivity contribution in [1.29, 1.82) is 0 Å². The average Bonchev–Trinajstić information content (AvgIpc) is 3.25. The molecule has 6 nitrogen and oxygen atoms in total. The standard InChI is InChI=1S/C55H107NO5/c1-4-7-10-13-16-19-22-25-27-30-32-35-38-41-44-47-53(58)52(50-57)56-54(59)49-51(46-43-40-37-34-31-29-26-23-20-17-14-11-8-5-2)61-55(60)48-45-42-39-36-33-28-24-21-18-15-12-9-6-3/h28,33,51-53,57-58H,4-27,29-32,34-50H2,1-3H3,(H,56,59)/b33-28-. The Morgan fingerprint density at radius 1 is 0.459 bits per heavy atom. The predicted molar refractivity (Wildman–Crippen MR) is 264 cm³/mol. The molecule has 3 N–H and O–H groups in total. The van der Waals surface area contributed by atoms with E-state index in [0.29, 0.717) is 19.3 Å². The number of amides is 1. The van der Waals surface area contributed by atoms with Gasteiger partial charge in [-0.05, 0) is 51.4 Å². The molecular formula is C55H107NO5. The summed E-state index contributed by atoms with van der Waals surface area (Å²) in [7, 11) is 0. The highest BCUT2D eigenvalue weighted by Gasteiger charge is 2.24. The molecule has 3 atom stereocenters. The molecule has 0 fully saturated rings. The van der Waals surface area contributed by atoms with Crippen LogP contribution in [0.25, 0.3) is 0 Å². The van der Waals surface area contributed by atoms with E-state index in [1.54, 1.807) is 0 Å². The maximum atomic E-state index is 13.2. The highest BCUT2D eigenvalue weighted by molar-refractivity contribution is 5.77. The van der Waals surface area contributed by atoms with Crippen LogP contribution in [0.15, 0.2) is 12.2 Å². The van der Waals surface area contributed by atoms with E-state index in [4.69, 9.17) is 4.74 Å². The molecule has 0 bridgehead atoms. The molecule has 362 valence electrons. The van der Waals surface area contributed by atoms with Crippen LogP contribution in [0, 0.1) is 0 Å². The second kappa shape index (κ2) is 49.6. The Kier molecular flexibility index (Phi) is 48.5. The lowest BCUT2D eigenvalue weighted by molar-refractivity contribution is -0.151. The van der Waals surface area contributed by atoms with E-state index in [9.17, 15) is 19.8 Å². The van der Waals surface area contributed by atoms with Crippen LogP contribution in [0.4, 0.5) is 0 Å². The number of carbonyl (C=O) groups is 2. The van der Waals surface area contributed by atoms with Crippen molar-refractivity contribution in [3.63, 3.8) is 0 Å². The minimum absolute atomic E-state index is 0.0791. The molecule has 0 aliphatic carbocycles. The SMILES string of the molecule is CCCCCCCC/C=C\CCCCCC(=O)OC(CCCCCCCCCCCCCCCC)CC(=O)NC(CO)C(O)CCCCCCCCCCCCCCCCC. The molecule has 0 aliphatic rings. The van der Waals surface area contributed by atoms with Gasteiger partial charge in [-0.3, -0.25) is 9.59 Å². The van der Waals surface area contributed by atoms with Gasteiger partial charge in [0.05, 0.1) is 25.2 Å². The molecule has 3 unspecified atom stereocenters. The van der Waals surface area contributed by atoms with E-state index >= 15 is 0 Å². The van der Waals surface area contributed by atoms with Crippen LogP contribution >= 0.6 is 0 Å².